The van der Waals surface area contributed by atoms with Gasteiger partial charge >= 0.3 is 6.09 Å². The number of nitrogens with one attached hydrogen (secondary N) is 2. The zero-order chi connectivity index (χ0) is 40.2. The van der Waals surface area contributed by atoms with Gasteiger partial charge in [-0.2, -0.15) is 0 Å². The van der Waals surface area contributed by atoms with Crippen molar-refractivity contribution in [1.82, 2.24) is 10.6 Å². The summed E-state index contributed by atoms with van der Waals surface area (Å²) in [6.07, 6.45) is 39.2. The van der Waals surface area contributed by atoms with Crippen molar-refractivity contribution in [2.24, 2.45) is 46.3 Å². The van der Waals surface area contributed by atoms with E-state index >= 15 is 0 Å². The molecule has 2 amide bonds. The Bertz CT molecular complexity index is 1190. The molecule has 4 unspecified atom stereocenters. The minimum atomic E-state index is -0.196. The third-order valence-electron chi connectivity index (χ3n) is 16.0. The van der Waals surface area contributed by atoms with Gasteiger partial charge in [-0.25, -0.2) is 4.79 Å². The SMILES string of the molecule is CCCCCCCC/C=C\CCCCCCCCNC(=O)O[C@@H]1CC[C@@]2(C)C(CCC3C2CC[C@@]2(C)C3CC[C@@H]2[C@H](C)CCC(=O)NCCCCCC(C)=O)C1. The Hall–Kier alpha value is -1.85. The molecular weight excluding hydrogens is 693 g/mol. The molecule has 0 heterocycles. The highest BCUT2D eigenvalue weighted by Crippen LogP contribution is 2.68. The zero-order valence-electron chi connectivity index (χ0n) is 37.2. The van der Waals surface area contributed by atoms with Crippen molar-refractivity contribution in [2.75, 3.05) is 13.1 Å². The molecule has 56 heavy (non-hydrogen) atoms. The number of rotatable bonds is 27. The van der Waals surface area contributed by atoms with Crippen LogP contribution in [0.1, 0.15) is 221 Å². The second-order valence-electron chi connectivity index (χ2n) is 19.9. The summed E-state index contributed by atoms with van der Waals surface area (Å²) in [6, 6.07) is 0. The highest BCUT2D eigenvalue weighted by molar-refractivity contribution is 5.76. The van der Waals surface area contributed by atoms with Crippen molar-refractivity contribution in [3.63, 3.8) is 0 Å². The van der Waals surface area contributed by atoms with Crippen LogP contribution in [0.2, 0.25) is 0 Å². The zero-order valence-corrected chi connectivity index (χ0v) is 37.2. The molecule has 4 aliphatic carbocycles. The Balaban J connectivity index is 1.06. The topological polar surface area (TPSA) is 84.5 Å². The minimum absolute atomic E-state index is 0.0685. The lowest BCUT2D eigenvalue weighted by atomic mass is 9.44. The first-order valence-corrected chi connectivity index (χ1v) is 24.4. The standard InChI is InChI=1S/C50H88N2O4/c1-6-7-8-9-10-11-12-13-14-15-16-17-18-19-20-23-37-52-48(55)56-42-32-34-49(4)41(38-42)27-28-43-45-30-29-44(50(45,5)35-33-46(43)49)39(2)26-31-47(54)51-36-24-21-22-25-40(3)53/h13-14,39,41-46H,6-12,15-38H2,1-5H3,(H,51,54)(H,52,55)/b14-13-/t39-,41?,42-,43?,44-,45?,46?,49+,50-/m1/s1. The first-order chi connectivity index (χ1) is 27.1. The third kappa shape index (κ3) is 14.5. The van der Waals surface area contributed by atoms with Gasteiger partial charge in [-0.3, -0.25) is 4.79 Å². The summed E-state index contributed by atoms with van der Waals surface area (Å²) in [4.78, 5) is 36.6. The number of hydrogen-bond acceptors (Lipinski definition) is 4. The monoisotopic (exact) mass is 781 g/mol. The summed E-state index contributed by atoms with van der Waals surface area (Å²) < 4.78 is 6.06. The van der Waals surface area contributed by atoms with Gasteiger partial charge in [0.25, 0.3) is 0 Å². The van der Waals surface area contributed by atoms with Crippen LogP contribution in [0.15, 0.2) is 12.2 Å². The van der Waals surface area contributed by atoms with E-state index < -0.39 is 0 Å². The van der Waals surface area contributed by atoms with Crippen LogP contribution in [-0.2, 0) is 14.3 Å². The molecule has 0 spiro atoms. The van der Waals surface area contributed by atoms with Gasteiger partial charge in [-0.1, -0.05) is 104 Å². The predicted octanol–water partition coefficient (Wildman–Crippen LogP) is 13.5. The number of fused-ring (bicyclic) bond motifs is 5. The van der Waals surface area contributed by atoms with Crippen molar-refractivity contribution < 1.29 is 19.1 Å². The number of amides is 2. The smallest absolute Gasteiger partial charge is 0.407 e. The molecule has 4 aliphatic rings. The van der Waals surface area contributed by atoms with Crippen LogP contribution in [0, 0.1) is 46.3 Å². The number of carbonyl (C=O) groups excluding carboxylic acids is 3. The van der Waals surface area contributed by atoms with Crippen LogP contribution in [-0.4, -0.2) is 37.0 Å². The fourth-order valence-corrected chi connectivity index (χ4v) is 12.6. The number of unbranched alkanes of at least 4 members (excludes halogenated alkanes) is 14. The molecule has 0 radical (unpaired) electrons. The highest BCUT2D eigenvalue weighted by Gasteiger charge is 2.60. The molecule has 6 nitrogen and oxygen atoms in total. The average Bonchev–Trinajstić information content (AvgIpc) is 3.53. The molecule has 0 aliphatic heterocycles. The number of ketones is 1. The van der Waals surface area contributed by atoms with E-state index in [2.05, 4.69) is 50.5 Å². The van der Waals surface area contributed by atoms with E-state index in [1.165, 1.54) is 128 Å². The van der Waals surface area contributed by atoms with E-state index in [1.807, 2.05) is 0 Å². The lowest BCUT2D eigenvalue weighted by molar-refractivity contribution is -0.130. The van der Waals surface area contributed by atoms with Crippen LogP contribution in [0.5, 0.6) is 0 Å². The van der Waals surface area contributed by atoms with Crippen molar-refractivity contribution in [3.05, 3.63) is 12.2 Å². The van der Waals surface area contributed by atoms with Gasteiger partial charge in [0.1, 0.15) is 11.9 Å². The van der Waals surface area contributed by atoms with Crippen molar-refractivity contribution in [2.45, 2.75) is 227 Å². The Kier molecular flexibility index (Phi) is 20.8. The Labute approximate surface area is 345 Å². The molecule has 4 rings (SSSR count). The van der Waals surface area contributed by atoms with E-state index in [1.54, 1.807) is 6.92 Å². The highest BCUT2D eigenvalue weighted by atomic mass is 16.6. The number of allylic oxidation sites excluding steroid dienone is 2. The molecule has 4 saturated carbocycles. The van der Waals surface area contributed by atoms with Crippen LogP contribution in [0.25, 0.3) is 0 Å². The first-order valence-electron chi connectivity index (χ1n) is 24.4. The van der Waals surface area contributed by atoms with Crippen molar-refractivity contribution in [3.8, 4) is 0 Å². The molecule has 2 N–H and O–H groups in total. The summed E-state index contributed by atoms with van der Waals surface area (Å²) in [5, 5.41) is 6.22. The maximum Gasteiger partial charge on any atom is 0.407 e. The number of Topliss-reactive ketones (excluding diaryl/α,β-unsaturated/α-hetero) is 1. The average molecular weight is 781 g/mol. The Morgan fingerprint density at radius 3 is 1.98 bits per heavy atom. The van der Waals surface area contributed by atoms with Crippen molar-refractivity contribution >= 4 is 17.8 Å². The first kappa shape index (κ1) is 46.8. The Morgan fingerprint density at radius 1 is 0.679 bits per heavy atom. The molecule has 0 bridgehead atoms. The summed E-state index contributed by atoms with van der Waals surface area (Å²) in [5.74, 6) is 4.87. The molecule has 0 aromatic rings. The van der Waals surface area contributed by atoms with Crippen LogP contribution < -0.4 is 10.6 Å². The molecular formula is C50H88N2O4. The van der Waals surface area contributed by atoms with Gasteiger partial charge in [0.15, 0.2) is 0 Å². The van der Waals surface area contributed by atoms with Gasteiger partial charge in [0, 0.05) is 25.9 Å². The molecule has 322 valence electrons. The summed E-state index contributed by atoms with van der Waals surface area (Å²) >= 11 is 0. The predicted molar refractivity (Wildman–Crippen MR) is 233 cm³/mol. The molecule has 0 aromatic heterocycles. The lowest BCUT2D eigenvalue weighted by Gasteiger charge is -2.61. The van der Waals surface area contributed by atoms with E-state index in [0.29, 0.717) is 35.5 Å². The summed E-state index contributed by atoms with van der Waals surface area (Å²) in [5.41, 5.74) is 0.775. The van der Waals surface area contributed by atoms with Crippen molar-refractivity contribution in [1.29, 1.82) is 0 Å². The van der Waals surface area contributed by atoms with Gasteiger partial charge in [0.05, 0.1) is 0 Å². The van der Waals surface area contributed by atoms with Gasteiger partial charge < -0.3 is 20.2 Å². The molecule has 4 fully saturated rings. The number of carbonyl (C=O) groups is 3. The van der Waals surface area contributed by atoms with E-state index in [0.717, 1.165) is 81.7 Å². The summed E-state index contributed by atoms with van der Waals surface area (Å²) in [7, 11) is 0. The maximum absolute atomic E-state index is 12.8. The largest absolute Gasteiger partial charge is 0.446 e. The number of hydrogen-bond donors (Lipinski definition) is 2. The molecule has 0 aromatic carbocycles. The fraction of sp³-hybridized carbons (Fsp3) is 0.900. The second-order valence-corrected chi connectivity index (χ2v) is 19.9. The molecule has 9 atom stereocenters. The van der Waals surface area contributed by atoms with Crippen LogP contribution in [0.3, 0.4) is 0 Å². The van der Waals surface area contributed by atoms with Gasteiger partial charge in [-0.05, 0) is 162 Å². The fourth-order valence-electron chi connectivity index (χ4n) is 12.6. The number of alkyl carbamates (subject to hydrolysis) is 1. The second kappa shape index (κ2) is 24.9. The molecule has 6 heteroatoms. The van der Waals surface area contributed by atoms with Gasteiger partial charge in [0.2, 0.25) is 5.91 Å². The van der Waals surface area contributed by atoms with Crippen LogP contribution >= 0.6 is 0 Å². The van der Waals surface area contributed by atoms with E-state index in [9.17, 15) is 14.4 Å². The molecule has 0 saturated heterocycles. The maximum atomic E-state index is 12.8. The van der Waals surface area contributed by atoms with Gasteiger partial charge in [-0.15, -0.1) is 0 Å². The number of ether oxygens (including phenoxy) is 1. The minimum Gasteiger partial charge on any atom is -0.446 e. The van der Waals surface area contributed by atoms with Crippen LogP contribution in [0.4, 0.5) is 4.79 Å². The Morgan fingerprint density at radius 2 is 1.29 bits per heavy atom. The quantitative estimate of drug-likeness (QED) is 0.0642. The van der Waals surface area contributed by atoms with E-state index in [-0.39, 0.29) is 23.9 Å². The normalized spacial score (nSPS) is 30.3. The van der Waals surface area contributed by atoms with E-state index in [4.69, 9.17) is 4.74 Å². The third-order valence-corrected chi connectivity index (χ3v) is 16.0. The summed E-state index contributed by atoms with van der Waals surface area (Å²) in [6.45, 7) is 13.1. The lowest BCUT2D eigenvalue weighted by Crippen LogP contribution is -2.54.